The van der Waals surface area contributed by atoms with Crippen molar-refractivity contribution in [1.82, 2.24) is 9.80 Å². The number of esters is 2. The van der Waals surface area contributed by atoms with Gasteiger partial charge in [-0.2, -0.15) is 0 Å². The first-order valence-corrected chi connectivity index (χ1v) is 17.6. The van der Waals surface area contributed by atoms with Crippen molar-refractivity contribution in [1.29, 1.82) is 0 Å². The third-order valence-electron chi connectivity index (χ3n) is 9.23. The number of hydrogen-bond donors (Lipinski definition) is 0. The second-order valence-corrected chi connectivity index (χ2v) is 12.8. The molecule has 1 aliphatic carbocycles. The first-order chi connectivity index (χ1) is 25.3. The molecule has 52 heavy (non-hydrogen) atoms. The van der Waals surface area contributed by atoms with Crippen molar-refractivity contribution >= 4 is 23.8 Å². The highest BCUT2D eigenvalue weighted by molar-refractivity contribution is 6.00. The fraction of sp³-hybridized carbons (Fsp3) is 0.333. The molecular formula is C42H46N2O8. The average molecular weight is 707 g/mol. The number of hydrogen-bond acceptors (Lipinski definition) is 8. The summed E-state index contributed by atoms with van der Waals surface area (Å²) in [7, 11) is 2.45. The van der Waals surface area contributed by atoms with E-state index in [9.17, 15) is 19.2 Å². The van der Waals surface area contributed by atoms with Crippen LogP contribution in [-0.2, 0) is 41.7 Å². The topological polar surface area (TPSA) is 112 Å². The molecule has 0 aromatic heterocycles. The van der Waals surface area contributed by atoms with Gasteiger partial charge in [0.2, 0.25) is 11.8 Å². The highest BCUT2D eigenvalue weighted by Gasteiger charge is 2.65. The predicted molar refractivity (Wildman–Crippen MR) is 195 cm³/mol. The maximum absolute atomic E-state index is 14.4. The third-order valence-corrected chi connectivity index (χ3v) is 9.23. The van der Waals surface area contributed by atoms with E-state index in [2.05, 4.69) is 0 Å². The highest BCUT2D eigenvalue weighted by Crippen LogP contribution is 2.50. The molecule has 1 fully saturated rings. The quantitative estimate of drug-likeness (QED) is 0.112. The Morgan fingerprint density at radius 3 is 1.12 bits per heavy atom. The lowest BCUT2D eigenvalue weighted by Gasteiger charge is -2.49. The van der Waals surface area contributed by atoms with Crippen LogP contribution in [0.5, 0.6) is 23.0 Å². The maximum atomic E-state index is 14.4. The van der Waals surface area contributed by atoms with Gasteiger partial charge in [-0.1, -0.05) is 74.5 Å². The lowest BCUT2D eigenvalue weighted by molar-refractivity contribution is -0.190. The van der Waals surface area contributed by atoms with Crippen molar-refractivity contribution in [3.8, 4) is 23.0 Å². The maximum Gasteiger partial charge on any atom is 0.310 e. The van der Waals surface area contributed by atoms with E-state index in [0.717, 1.165) is 11.1 Å². The molecule has 0 bridgehead atoms. The van der Waals surface area contributed by atoms with Crippen LogP contribution >= 0.6 is 0 Å². The summed E-state index contributed by atoms with van der Waals surface area (Å²) in [6.45, 7) is 5.13. The van der Waals surface area contributed by atoms with Crippen molar-refractivity contribution in [2.24, 2.45) is 23.7 Å². The Morgan fingerprint density at radius 2 is 0.808 bits per heavy atom. The number of amides is 2. The number of benzene rings is 4. The second-order valence-electron chi connectivity index (χ2n) is 12.8. The van der Waals surface area contributed by atoms with Gasteiger partial charge in [-0.05, 0) is 72.5 Å². The predicted octanol–water partition coefficient (Wildman–Crippen LogP) is 7.27. The minimum Gasteiger partial charge on any atom is -0.469 e. The molecule has 0 unspecified atom stereocenters. The van der Waals surface area contributed by atoms with Crippen LogP contribution in [0.15, 0.2) is 109 Å². The molecule has 272 valence electrons. The van der Waals surface area contributed by atoms with Gasteiger partial charge >= 0.3 is 11.9 Å². The van der Waals surface area contributed by atoms with E-state index in [1.807, 2.05) is 123 Å². The van der Waals surface area contributed by atoms with Crippen molar-refractivity contribution in [2.75, 3.05) is 27.3 Å². The molecule has 1 saturated carbocycles. The van der Waals surface area contributed by atoms with E-state index in [-0.39, 0.29) is 13.1 Å². The van der Waals surface area contributed by atoms with Gasteiger partial charge in [0.1, 0.15) is 23.0 Å². The van der Waals surface area contributed by atoms with E-state index in [1.54, 1.807) is 9.80 Å². The molecule has 0 aliphatic heterocycles. The molecule has 0 saturated heterocycles. The number of rotatable bonds is 16. The smallest absolute Gasteiger partial charge is 0.310 e. The molecule has 4 aromatic rings. The molecule has 0 atom stereocenters. The van der Waals surface area contributed by atoms with Crippen molar-refractivity contribution in [3.63, 3.8) is 0 Å². The van der Waals surface area contributed by atoms with Crippen LogP contribution in [0.4, 0.5) is 0 Å². The Labute approximate surface area is 305 Å². The van der Waals surface area contributed by atoms with Crippen molar-refractivity contribution in [3.05, 3.63) is 120 Å². The van der Waals surface area contributed by atoms with E-state index in [1.165, 1.54) is 14.2 Å². The van der Waals surface area contributed by atoms with E-state index < -0.39 is 47.4 Å². The Hall–Kier alpha value is -5.64. The molecule has 0 N–H and O–H groups in total. The summed E-state index contributed by atoms with van der Waals surface area (Å²) < 4.78 is 22.1. The van der Waals surface area contributed by atoms with Gasteiger partial charge in [0.05, 0.1) is 37.9 Å². The van der Waals surface area contributed by atoms with Crippen LogP contribution < -0.4 is 9.47 Å². The highest BCUT2D eigenvalue weighted by atomic mass is 16.5. The molecule has 0 heterocycles. The molecule has 10 heteroatoms. The van der Waals surface area contributed by atoms with Crippen LogP contribution in [0.25, 0.3) is 0 Å². The first-order valence-electron chi connectivity index (χ1n) is 17.6. The van der Waals surface area contributed by atoms with Crippen LogP contribution in [-0.4, -0.2) is 60.9 Å². The second kappa shape index (κ2) is 18.0. The van der Waals surface area contributed by atoms with E-state index >= 15 is 0 Å². The monoisotopic (exact) mass is 706 g/mol. The summed E-state index contributed by atoms with van der Waals surface area (Å²) in [6, 6.07) is 33.7. The molecule has 5 rings (SSSR count). The zero-order valence-corrected chi connectivity index (χ0v) is 30.1. The lowest BCUT2D eigenvalue weighted by Crippen LogP contribution is -2.64. The van der Waals surface area contributed by atoms with Gasteiger partial charge in [-0.3, -0.25) is 19.2 Å². The van der Waals surface area contributed by atoms with Crippen molar-refractivity contribution in [2.45, 2.75) is 39.8 Å². The summed E-state index contributed by atoms with van der Waals surface area (Å²) in [5.74, 6) is -4.09. The van der Waals surface area contributed by atoms with Crippen LogP contribution in [0.1, 0.15) is 37.8 Å². The zero-order chi connectivity index (χ0) is 37.0. The van der Waals surface area contributed by atoms with E-state index in [0.29, 0.717) is 48.9 Å². The van der Waals surface area contributed by atoms with Crippen LogP contribution in [0, 0.1) is 23.7 Å². The summed E-state index contributed by atoms with van der Waals surface area (Å²) in [6.07, 6.45) is 1.28. The average Bonchev–Trinajstić information content (AvgIpc) is 3.16. The summed E-state index contributed by atoms with van der Waals surface area (Å²) in [5, 5.41) is 0. The minimum atomic E-state index is -1.16. The minimum absolute atomic E-state index is 0.237. The molecule has 10 nitrogen and oxygen atoms in total. The van der Waals surface area contributed by atoms with Crippen LogP contribution in [0.2, 0.25) is 0 Å². The Bertz CT molecular complexity index is 1640. The number of carbonyl (C=O) groups is 4. The molecule has 0 radical (unpaired) electrons. The number of methoxy groups -OCH3 is 2. The van der Waals surface area contributed by atoms with Gasteiger partial charge in [-0.15, -0.1) is 0 Å². The molecule has 1 aliphatic rings. The molecule has 4 aromatic carbocycles. The van der Waals surface area contributed by atoms with Crippen LogP contribution in [0.3, 0.4) is 0 Å². The fourth-order valence-electron chi connectivity index (χ4n) is 6.73. The zero-order valence-electron chi connectivity index (χ0n) is 30.1. The van der Waals surface area contributed by atoms with Gasteiger partial charge in [0.25, 0.3) is 0 Å². The summed E-state index contributed by atoms with van der Waals surface area (Å²) in [4.78, 5) is 58.8. The number of carbonyl (C=O) groups excluding carboxylic acids is 4. The molecular weight excluding hydrogens is 660 g/mol. The SMILES string of the molecule is CCCN(Cc1ccc(Oc2ccccc2)cc1)C(=O)C1C(C(=O)OC)C(C(=O)N(CCC)Cc2ccc(Oc3ccccc3)cc2)C1C(=O)OC. The van der Waals surface area contributed by atoms with Crippen molar-refractivity contribution < 1.29 is 38.1 Å². The Balaban J connectivity index is 1.35. The molecule has 2 amide bonds. The number of para-hydroxylation sites is 2. The standard InChI is InChI=1S/C42H46N2O8/c1-5-25-43(27-29-17-21-33(22-18-29)51-31-13-9-7-10-14-31)39(45)35-37(41(47)49-3)36(38(35)42(48)50-4)40(46)44(26-6-2)28-30-19-23-34(24-20-30)52-32-15-11-8-12-16-32/h7-24,35-38H,5-6,25-28H2,1-4H3. The van der Waals surface area contributed by atoms with Gasteiger partial charge < -0.3 is 28.7 Å². The Morgan fingerprint density at radius 1 is 0.481 bits per heavy atom. The lowest BCUT2D eigenvalue weighted by atomic mass is 9.55. The first kappa shape index (κ1) is 37.6. The van der Waals surface area contributed by atoms with E-state index in [4.69, 9.17) is 18.9 Å². The summed E-state index contributed by atoms with van der Waals surface area (Å²) in [5.41, 5.74) is 1.68. The summed E-state index contributed by atoms with van der Waals surface area (Å²) >= 11 is 0. The fourth-order valence-corrected chi connectivity index (χ4v) is 6.73. The van der Waals surface area contributed by atoms with Gasteiger partial charge in [-0.25, -0.2) is 0 Å². The van der Waals surface area contributed by atoms with Gasteiger partial charge in [0, 0.05) is 26.2 Å². The Kier molecular flexibility index (Phi) is 13.0. The third kappa shape index (κ3) is 8.98. The number of ether oxygens (including phenoxy) is 4. The largest absolute Gasteiger partial charge is 0.469 e. The molecule has 0 spiro atoms. The number of nitrogens with zero attached hydrogens (tertiary/aromatic N) is 2. The van der Waals surface area contributed by atoms with Gasteiger partial charge in [0.15, 0.2) is 0 Å². The normalized spacial score (nSPS) is 17.6.